The van der Waals surface area contributed by atoms with Crippen LogP contribution in [0.3, 0.4) is 0 Å². The Kier molecular flexibility index (Phi) is 3.25. The van der Waals surface area contributed by atoms with Crippen LogP contribution < -0.4 is 0 Å². The van der Waals surface area contributed by atoms with Crippen LogP contribution in [0, 0.1) is 0 Å². The van der Waals surface area contributed by atoms with Gasteiger partial charge in [-0.15, -0.1) is 11.8 Å². The molecule has 5 nitrogen and oxygen atoms in total. The van der Waals surface area contributed by atoms with Crippen LogP contribution in [-0.2, 0) is 5.75 Å². The molecule has 0 spiro atoms. The predicted molar refractivity (Wildman–Crippen MR) is 69.2 cm³/mol. The van der Waals surface area contributed by atoms with Crippen LogP contribution in [0.2, 0.25) is 0 Å². The molecule has 0 saturated heterocycles. The molecular formula is C13H12N2O3S. The van der Waals surface area contributed by atoms with Gasteiger partial charge in [-0.3, -0.25) is 0 Å². The summed E-state index contributed by atoms with van der Waals surface area (Å²) in [7, 11) is 0. The molecule has 1 N–H and O–H groups in total. The Morgan fingerprint density at radius 2 is 2.21 bits per heavy atom. The second-order valence-electron chi connectivity index (χ2n) is 4.41. The van der Waals surface area contributed by atoms with Crippen molar-refractivity contribution in [1.29, 1.82) is 0 Å². The summed E-state index contributed by atoms with van der Waals surface area (Å²) in [6.45, 7) is 0. The summed E-state index contributed by atoms with van der Waals surface area (Å²) in [5.74, 6) is 1.36. The van der Waals surface area contributed by atoms with E-state index in [0.29, 0.717) is 28.0 Å². The van der Waals surface area contributed by atoms with Crippen molar-refractivity contribution in [3.8, 4) is 0 Å². The minimum absolute atomic E-state index is 0.300. The maximum atomic E-state index is 11.1. The topological polar surface area (TPSA) is 76.2 Å². The van der Waals surface area contributed by atoms with Crippen LogP contribution in [0.15, 0.2) is 33.7 Å². The fraction of sp³-hybridized carbons (Fsp3) is 0.308. The second kappa shape index (κ2) is 5.05. The van der Waals surface area contributed by atoms with Gasteiger partial charge in [0.05, 0.1) is 11.3 Å². The number of hydrogen-bond acceptors (Lipinski definition) is 5. The molecule has 1 aromatic carbocycles. The fourth-order valence-electron chi connectivity index (χ4n) is 1.74. The maximum absolute atomic E-state index is 11.1. The van der Waals surface area contributed by atoms with E-state index in [4.69, 9.17) is 9.63 Å². The van der Waals surface area contributed by atoms with Gasteiger partial charge in [-0.2, -0.15) is 4.98 Å². The summed E-state index contributed by atoms with van der Waals surface area (Å²) in [5.41, 5.74) is 0.300. The smallest absolute Gasteiger partial charge is 0.336 e. The zero-order valence-electron chi connectivity index (χ0n) is 10.1. The summed E-state index contributed by atoms with van der Waals surface area (Å²) < 4.78 is 5.16. The molecule has 0 amide bonds. The van der Waals surface area contributed by atoms with Crippen molar-refractivity contribution in [1.82, 2.24) is 10.1 Å². The number of benzene rings is 1. The van der Waals surface area contributed by atoms with Gasteiger partial charge in [-0.1, -0.05) is 17.3 Å². The number of carboxylic acids is 1. The van der Waals surface area contributed by atoms with E-state index in [1.54, 1.807) is 18.2 Å². The quantitative estimate of drug-likeness (QED) is 0.846. The van der Waals surface area contributed by atoms with Crippen LogP contribution in [0.5, 0.6) is 0 Å². The van der Waals surface area contributed by atoms with Gasteiger partial charge < -0.3 is 9.63 Å². The van der Waals surface area contributed by atoms with Crippen molar-refractivity contribution in [2.45, 2.75) is 29.4 Å². The molecule has 3 rings (SSSR count). The van der Waals surface area contributed by atoms with Crippen molar-refractivity contribution < 1.29 is 14.4 Å². The summed E-state index contributed by atoms with van der Waals surface area (Å²) in [6.07, 6.45) is 2.27. The Hall–Kier alpha value is -1.82. The van der Waals surface area contributed by atoms with Gasteiger partial charge in [0.2, 0.25) is 5.89 Å². The highest BCUT2D eigenvalue weighted by Crippen LogP contribution is 2.38. The first-order valence-electron chi connectivity index (χ1n) is 6.01. The minimum Gasteiger partial charge on any atom is -0.478 e. The molecule has 6 heteroatoms. The molecule has 0 atom stereocenters. The van der Waals surface area contributed by atoms with E-state index in [-0.39, 0.29) is 0 Å². The normalized spacial score (nSPS) is 14.5. The molecule has 0 unspecified atom stereocenters. The Labute approximate surface area is 114 Å². The largest absolute Gasteiger partial charge is 0.478 e. The molecule has 98 valence electrons. The van der Waals surface area contributed by atoms with Crippen molar-refractivity contribution in [3.05, 3.63) is 41.5 Å². The summed E-state index contributed by atoms with van der Waals surface area (Å²) in [4.78, 5) is 16.1. The van der Waals surface area contributed by atoms with Gasteiger partial charge >= 0.3 is 5.97 Å². The molecular weight excluding hydrogens is 264 g/mol. The van der Waals surface area contributed by atoms with E-state index in [2.05, 4.69) is 10.1 Å². The predicted octanol–water partition coefficient (Wildman–Crippen LogP) is 2.94. The first-order valence-corrected chi connectivity index (χ1v) is 7.00. The summed E-state index contributed by atoms with van der Waals surface area (Å²) >= 11 is 1.40. The third-order valence-corrected chi connectivity index (χ3v) is 3.95. The number of thioether (sulfide) groups is 1. The van der Waals surface area contributed by atoms with Crippen LogP contribution >= 0.6 is 11.8 Å². The monoisotopic (exact) mass is 276 g/mol. The fourth-order valence-corrected chi connectivity index (χ4v) is 2.62. The average Bonchev–Trinajstić information content (AvgIpc) is 3.16. The van der Waals surface area contributed by atoms with Crippen LogP contribution in [0.4, 0.5) is 0 Å². The van der Waals surface area contributed by atoms with E-state index >= 15 is 0 Å². The number of hydrogen-bond donors (Lipinski definition) is 1. The molecule has 1 saturated carbocycles. The van der Waals surface area contributed by atoms with Gasteiger partial charge in [0.15, 0.2) is 5.82 Å². The molecule has 1 fully saturated rings. The molecule has 0 radical (unpaired) electrons. The van der Waals surface area contributed by atoms with Crippen LogP contribution in [0.25, 0.3) is 0 Å². The standard InChI is InChI=1S/C13H12N2O3S/c16-13(17)9-3-1-2-4-10(9)19-7-11-14-12(15-18-11)8-5-6-8/h1-4,8H,5-7H2,(H,16,17). The van der Waals surface area contributed by atoms with Gasteiger partial charge in [0.1, 0.15) is 0 Å². The number of aromatic carboxylic acids is 1. The third kappa shape index (κ3) is 2.78. The number of carboxylic acid groups (broad SMARTS) is 1. The van der Waals surface area contributed by atoms with Gasteiger partial charge in [-0.05, 0) is 25.0 Å². The molecule has 19 heavy (non-hydrogen) atoms. The van der Waals surface area contributed by atoms with Crippen molar-refractivity contribution in [2.24, 2.45) is 0 Å². The van der Waals surface area contributed by atoms with E-state index in [0.717, 1.165) is 18.7 Å². The number of nitrogens with zero attached hydrogens (tertiary/aromatic N) is 2. The Morgan fingerprint density at radius 3 is 2.95 bits per heavy atom. The lowest BCUT2D eigenvalue weighted by atomic mass is 10.2. The lowest BCUT2D eigenvalue weighted by Crippen LogP contribution is -1.98. The highest BCUT2D eigenvalue weighted by Gasteiger charge is 2.28. The number of rotatable bonds is 5. The number of aromatic nitrogens is 2. The zero-order valence-corrected chi connectivity index (χ0v) is 10.9. The van der Waals surface area contributed by atoms with E-state index in [1.807, 2.05) is 6.07 Å². The molecule has 0 aliphatic heterocycles. The van der Waals surface area contributed by atoms with Crippen LogP contribution in [0.1, 0.15) is 40.8 Å². The molecule has 1 aliphatic carbocycles. The Morgan fingerprint density at radius 1 is 1.42 bits per heavy atom. The lowest BCUT2D eigenvalue weighted by Gasteiger charge is -2.02. The second-order valence-corrected chi connectivity index (χ2v) is 5.43. The molecule has 2 aromatic rings. The third-order valence-electron chi connectivity index (χ3n) is 2.89. The molecule has 1 heterocycles. The maximum Gasteiger partial charge on any atom is 0.336 e. The van der Waals surface area contributed by atoms with Crippen molar-refractivity contribution in [3.63, 3.8) is 0 Å². The highest BCUT2D eigenvalue weighted by atomic mass is 32.2. The minimum atomic E-state index is -0.924. The average molecular weight is 276 g/mol. The zero-order chi connectivity index (χ0) is 13.2. The molecule has 1 aliphatic rings. The van der Waals surface area contributed by atoms with Crippen molar-refractivity contribution >= 4 is 17.7 Å². The van der Waals surface area contributed by atoms with E-state index < -0.39 is 5.97 Å². The molecule has 1 aromatic heterocycles. The van der Waals surface area contributed by atoms with Gasteiger partial charge in [0, 0.05) is 10.8 Å². The summed E-state index contributed by atoms with van der Waals surface area (Å²) in [5, 5.41) is 13.0. The van der Waals surface area contributed by atoms with Gasteiger partial charge in [0.25, 0.3) is 0 Å². The lowest BCUT2D eigenvalue weighted by molar-refractivity contribution is 0.0693. The Bertz CT molecular complexity index is 607. The Balaban J connectivity index is 1.69. The van der Waals surface area contributed by atoms with E-state index in [9.17, 15) is 4.79 Å². The molecule has 0 bridgehead atoms. The van der Waals surface area contributed by atoms with Crippen molar-refractivity contribution in [2.75, 3.05) is 0 Å². The summed E-state index contributed by atoms with van der Waals surface area (Å²) in [6, 6.07) is 6.91. The first kappa shape index (κ1) is 12.2. The number of carbonyl (C=O) groups is 1. The first-order chi connectivity index (χ1) is 9.24. The van der Waals surface area contributed by atoms with Crippen LogP contribution in [-0.4, -0.2) is 21.2 Å². The van der Waals surface area contributed by atoms with E-state index in [1.165, 1.54) is 11.8 Å². The van der Waals surface area contributed by atoms with Gasteiger partial charge in [-0.25, -0.2) is 4.79 Å². The SMILES string of the molecule is O=C(O)c1ccccc1SCc1nc(C2CC2)no1. The highest BCUT2D eigenvalue weighted by molar-refractivity contribution is 7.98.